The number of nitrogens with zero attached hydrogens (tertiary/aromatic N) is 3. The molecular weight excluding hydrogens is 687 g/mol. The number of pyridine rings is 2. The summed E-state index contributed by atoms with van der Waals surface area (Å²) in [6, 6.07) is 14.3. The minimum Gasteiger partial charge on any atom is -0.438 e. The van der Waals surface area contributed by atoms with Crippen molar-refractivity contribution in [2.75, 3.05) is 0 Å². The van der Waals surface area contributed by atoms with Gasteiger partial charge in [0, 0.05) is 34.5 Å². The van der Waals surface area contributed by atoms with Crippen molar-refractivity contribution in [3.8, 4) is 11.3 Å². The van der Waals surface area contributed by atoms with Gasteiger partial charge in [-0.2, -0.15) is 4.57 Å². The van der Waals surface area contributed by atoms with Gasteiger partial charge in [0.1, 0.15) is 11.6 Å². The number of fused-ring (bicyclic) bond motifs is 8. The van der Waals surface area contributed by atoms with E-state index in [4.69, 9.17) is 9.40 Å². The van der Waals surface area contributed by atoms with Crippen molar-refractivity contribution in [1.82, 2.24) is 9.88 Å². The van der Waals surface area contributed by atoms with E-state index in [-0.39, 0.29) is 16.9 Å². The zero-order valence-electron chi connectivity index (χ0n) is 34.7. The van der Waals surface area contributed by atoms with Gasteiger partial charge in [0.15, 0.2) is 6.20 Å². The van der Waals surface area contributed by atoms with E-state index < -0.39 is 8.07 Å². The highest BCUT2D eigenvalue weighted by Crippen LogP contribution is 2.57. The van der Waals surface area contributed by atoms with Crippen LogP contribution in [-0.4, -0.2) is 30.0 Å². The smallest absolute Gasteiger partial charge is 0.227 e. The lowest BCUT2D eigenvalue weighted by molar-refractivity contribution is -0.578. The van der Waals surface area contributed by atoms with Crippen LogP contribution in [0.1, 0.15) is 90.5 Å². The lowest BCUT2D eigenvalue weighted by atomic mass is 9.59. The van der Waals surface area contributed by atoms with Crippen molar-refractivity contribution >= 4 is 41.4 Å². The van der Waals surface area contributed by atoms with E-state index in [1.807, 2.05) is 0 Å². The fourth-order valence-electron chi connectivity index (χ4n) is 10.0. The quantitative estimate of drug-likeness (QED) is 0.146. The molecular formula is C50H58N3OSi+. The highest BCUT2D eigenvalue weighted by molar-refractivity contribution is 6.84. The molecule has 0 amide bonds. The molecule has 3 aromatic heterocycles. The molecule has 2 aliphatic heterocycles. The summed E-state index contributed by atoms with van der Waals surface area (Å²) < 4.78 is 9.04. The van der Waals surface area contributed by atoms with Crippen LogP contribution in [0.3, 0.4) is 0 Å². The van der Waals surface area contributed by atoms with Crippen LogP contribution in [0, 0.1) is 18.3 Å². The molecule has 0 fully saturated rings. The van der Waals surface area contributed by atoms with Crippen LogP contribution < -0.4 is 4.57 Å². The molecule has 55 heavy (non-hydrogen) atoms. The molecule has 3 atom stereocenters. The topological polar surface area (TPSA) is 33.1 Å². The Morgan fingerprint density at radius 3 is 2.55 bits per heavy atom. The van der Waals surface area contributed by atoms with Gasteiger partial charge in [-0.05, 0) is 126 Å². The fraction of sp³-hybridized carbons (Fsp3) is 0.400. The van der Waals surface area contributed by atoms with Gasteiger partial charge >= 0.3 is 0 Å². The maximum absolute atomic E-state index is 6.51. The Bertz CT molecular complexity index is 2500. The Kier molecular flexibility index (Phi) is 8.40. The van der Waals surface area contributed by atoms with Crippen molar-refractivity contribution in [1.29, 1.82) is 0 Å². The standard InChI is InChI=1S/C50H58N3OSi/c1-31(2)24-34-26-42-37-18-14-15-19-40(37)50(7)29-44(47(50)53(42)30-46(34)55(8,9)10)52-23-22-35(49(4,5)6)27-43(52)38-28-39-36-20-21-41(33-16-12-11-13-17-33)51-48(36)54-45(39)25-32(38)3/h11-12,15-16,19-23,25-31,42,47H,13-14,17-18,24H2,1-10H3/q+1. The number of aryl methyl sites for hydroxylation is 1. The zero-order chi connectivity index (χ0) is 38.6. The van der Waals surface area contributed by atoms with E-state index in [1.165, 1.54) is 33.7 Å². The molecule has 5 aliphatic rings. The summed E-state index contributed by atoms with van der Waals surface area (Å²) in [4.78, 5) is 7.84. The van der Waals surface area contributed by atoms with Gasteiger partial charge in [0.25, 0.3) is 0 Å². The van der Waals surface area contributed by atoms with E-state index in [0.717, 1.165) is 54.2 Å². The molecule has 0 saturated carbocycles. The number of aromatic nitrogens is 2. The predicted octanol–water partition coefficient (Wildman–Crippen LogP) is 12.6. The molecule has 1 aromatic carbocycles. The summed E-state index contributed by atoms with van der Waals surface area (Å²) in [5, 5.41) is 3.81. The monoisotopic (exact) mass is 744 g/mol. The van der Waals surface area contributed by atoms with E-state index >= 15 is 0 Å². The van der Waals surface area contributed by atoms with Gasteiger partial charge in [-0.3, -0.25) is 0 Å². The highest BCUT2D eigenvalue weighted by atomic mass is 28.3. The Balaban J connectivity index is 1.22. The van der Waals surface area contributed by atoms with Crippen molar-refractivity contribution in [3.63, 3.8) is 0 Å². The lowest BCUT2D eigenvalue weighted by Crippen LogP contribution is -2.64. The first-order valence-corrected chi connectivity index (χ1v) is 24.2. The van der Waals surface area contributed by atoms with Crippen LogP contribution in [0.4, 0.5) is 0 Å². The molecule has 9 rings (SSSR count). The number of rotatable bonds is 6. The first kappa shape index (κ1) is 36.2. The summed E-state index contributed by atoms with van der Waals surface area (Å²) in [5.74, 6) is 0.627. The summed E-state index contributed by atoms with van der Waals surface area (Å²) in [6.07, 6.45) is 27.2. The van der Waals surface area contributed by atoms with E-state index in [1.54, 1.807) is 21.9 Å². The fourth-order valence-corrected chi connectivity index (χ4v) is 11.7. The Morgan fingerprint density at radius 1 is 1.02 bits per heavy atom. The van der Waals surface area contributed by atoms with Crippen LogP contribution in [0.15, 0.2) is 118 Å². The molecule has 4 aromatic rings. The number of furan rings is 1. The molecule has 3 aliphatic carbocycles. The third-order valence-electron chi connectivity index (χ3n) is 12.9. The summed E-state index contributed by atoms with van der Waals surface area (Å²) >= 11 is 0. The van der Waals surface area contributed by atoms with Gasteiger partial charge in [0.05, 0.1) is 25.4 Å². The average Bonchev–Trinajstić information content (AvgIpc) is 3.49. The number of hydrogen-bond donors (Lipinski definition) is 0. The second-order valence-corrected chi connectivity index (χ2v) is 24.5. The Hall–Kier alpha value is -4.48. The van der Waals surface area contributed by atoms with Crippen LogP contribution in [0.2, 0.25) is 19.6 Å². The molecule has 0 spiro atoms. The summed E-state index contributed by atoms with van der Waals surface area (Å²) in [6.45, 7) is 24.0. The molecule has 5 heteroatoms. The third-order valence-corrected chi connectivity index (χ3v) is 15.0. The first-order chi connectivity index (χ1) is 26.1. The second kappa shape index (κ2) is 12.8. The van der Waals surface area contributed by atoms with E-state index in [2.05, 4.69) is 169 Å². The van der Waals surface area contributed by atoms with Crippen molar-refractivity contribution in [2.45, 2.75) is 118 Å². The van der Waals surface area contributed by atoms with Crippen LogP contribution in [-0.2, 0) is 5.41 Å². The lowest BCUT2D eigenvalue weighted by Gasteiger charge is -2.57. The van der Waals surface area contributed by atoms with Crippen molar-refractivity contribution in [3.05, 3.63) is 130 Å². The maximum Gasteiger partial charge on any atom is 0.227 e. The number of benzene rings is 1. The summed E-state index contributed by atoms with van der Waals surface area (Å²) in [7, 11) is -1.64. The van der Waals surface area contributed by atoms with Crippen LogP contribution in [0.25, 0.3) is 44.6 Å². The number of hydrogen-bond acceptors (Lipinski definition) is 3. The predicted molar refractivity (Wildman–Crippen MR) is 233 cm³/mol. The summed E-state index contributed by atoms with van der Waals surface area (Å²) in [5.41, 5.74) is 15.0. The third kappa shape index (κ3) is 5.91. The largest absolute Gasteiger partial charge is 0.438 e. The van der Waals surface area contributed by atoms with E-state index in [0.29, 0.717) is 17.7 Å². The molecule has 4 nitrogen and oxygen atoms in total. The highest BCUT2D eigenvalue weighted by Gasteiger charge is 2.59. The molecule has 0 N–H and O–H groups in total. The van der Waals surface area contributed by atoms with Gasteiger partial charge in [0.2, 0.25) is 17.1 Å². The zero-order valence-corrected chi connectivity index (χ0v) is 35.7. The molecule has 0 radical (unpaired) electrons. The molecule has 0 saturated heterocycles. The first-order valence-electron chi connectivity index (χ1n) is 20.7. The van der Waals surface area contributed by atoms with Gasteiger partial charge in [-0.15, -0.1) is 0 Å². The Morgan fingerprint density at radius 2 is 1.82 bits per heavy atom. The van der Waals surface area contributed by atoms with Gasteiger partial charge < -0.3 is 9.32 Å². The van der Waals surface area contributed by atoms with Crippen molar-refractivity contribution in [2.24, 2.45) is 11.3 Å². The molecule has 0 bridgehead atoms. The van der Waals surface area contributed by atoms with E-state index in [9.17, 15) is 0 Å². The minimum absolute atomic E-state index is 0.00198. The molecule has 3 unspecified atom stereocenters. The van der Waals surface area contributed by atoms with Crippen LogP contribution >= 0.6 is 0 Å². The molecule has 282 valence electrons. The van der Waals surface area contributed by atoms with Gasteiger partial charge in [-0.25, -0.2) is 4.98 Å². The SMILES string of the molecule is Cc1cc2oc3nc(C4=CC=CCC4)ccc3c2cc1-c1cc(C(C)(C)C)cc[n+]1C1=CC2(C)C3=C(CCC=C3)C3C=C(CC(C)C)C([Si](C)(C)C)=CN3C12. The van der Waals surface area contributed by atoms with Crippen molar-refractivity contribution < 1.29 is 8.98 Å². The van der Waals surface area contributed by atoms with Gasteiger partial charge in [-0.1, -0.05) is 90.7 Å². The second-order valence-electron chi connectivity index (χ2n) is 19.5. The normalized spacial score (nSPS) is 23.7. The van der Waals surface area contributed by atoms with Crippen LogP contribution in [0.5, 0.6) is 0 Å². The Labute approximate surface area is 329 Å². The average molecular weight is 745 g/mol. The number of allylic oxidation sites excluding steroid dienone is 8. The molecule has 5 heterocycles. The minimum atomic E-state index is -1.64. The maximum atomic E-state index is 6.51.